The highest BCUT2D eigenvalue weighted by atomic mass is 19.4. The Balaban J connectivity index is 1.56. The Bertz CT molecular complexity index is 746. The molecule has 0 radical (unpaired) electrons. The molecule has 1 saturated carbocycles. The minimum absolute atomic E-state index is 0.0291. The molecule has 1 aliphatic heterocycles. The Morgan fingerprint density at radius 3 is 2.00 bits per heavy atom. The average molecular weight is 451 g/mol. The van der Waals surface area contributed by atoms with Gasteiger partial charge in [-0.1, -0.05) is 12.8 Å². The van der Waals surface area contributed by atoms with Crippen LogP contribution in [0.25, 0.3) is 0 Å². The van der Waals surface area contributed by atoms with Gasteiger partial charge in [0.1, 0.15) is 0 Å². The summed E-state index contributed by atoms with van der Waals surface area (Å²) in [7, 11) is 0. The molecule has 3 N–H and O–H groups in total. The number of nitrogens with one attached hydrogen (secondary N) is 1. The van der Waals surface area contributed by atoms with Gasteiger partial charge in [-0.25, -0.2) is 0 Å². The van der Waals surface area contributed by atoms with E-state index in [-0.39, 0.29) is 23.9 Å². The standard InChI is InChI=1S/C21H27F6N3O/c22-20(23,24)15-10-16(21(25,26)27)12-17(11-15)29-18(31)9-14-3-7-30(8-4-14)13-19(28)5-1-2-6-19/h10-12,14H,1-9,13,28H2,(H,29,31). The summed E-state index contributed by atoms with van der Waals surface area (Å²) >= 11 is 0. The summed E-state index contributed by atoms with van der Waals surface area (Å²) in [4.78, 5) is 14.6. The molecule has 0 unspecified atom stereocenters. The number of hydrogen-bond acceptors (Lipinski definition) is 3. The highest BCUT2D eigenvalue weighted by Crippen LogP contribution is 2.37. The van der Waals surface area contributed by atoms with Crippen LogP contribution in [0.2, 0.25) is 0 Å². The summed E-state index contributed by atoms with van der Waals surface area (Å²) in [5.41, 5.74) is 2.86. The molecule has 1 heterocycles. The summed E-state index contributed by atoms with van der Waals surface area (Å²) in [6.07, 6.45) is -4.09. The molecule has 31 heavy (non-hydrogen) atoms. The van der Waals surface area contributed by atoms with Crippen LogP contribution >= 0.6 is 0 Å². The van der Waals surface area contributed by atoms with E-state index in [2.05, 4.69) is 10.2 Å². The van der Waals surface area contributed by atoms with Crippen LogP contribution in [0.1, 0.15) is 56.1 Å². The lowest BCUT2D eigenvalue weighted by atomic mass is 9.91. The Morgan fingerprint density at radius 1 is 1.00 bits per heavy atom. The number of carbonyl (C=O) groups excluding carboxylic acids is 1. The smallest absolute Gasteiger partial charge is 0.326 e. The van der Waals surface area contributed by atoms with Gasteiger partial charge >= 0.3 is 12.4 Å². The van der Waals surface area contributed by atoms with Gasteiger partial charge in [0.2, 0.25) is 5.91 Å². The molecule has 1 amide bonds. The van der Waals surface area contributed by atoms with Crippen LogP contribution in [-0.4, -0.2) is 36.0 Å². The van der Waals surface area contributed by atoms with E-state index in [0.717, 1.165) is 58.2 Å². The largest absolute Gasteiger partial charge is 0.416 e. The van der Waals surface area contributed by atoms with Crippen molar-refractivity contribution in [2.75, 3.05) is 25.0 Å². The highest BCUT2D eigenvalue weighted by Gasteiger charge is 2.37. The van der Waals surface area contributed by atoms with Gasteiger partial charge in [0.05, 0.1) is 11.1 Å². The maximum absolute atomic E-state index is 13.0. The van der Waals surface area contributed by atoms with Gasteiger partial charge in [0.25, 0.3) is 0 Å². The minimum atomic E-state index is -4.95. The molecule has 1 aromatic rings. The first-order chi connectivity index (χ1) is 14.3. The van der Waals surface area contributed by atoms with Crippen molar-refractivity contribution in [3.8, 4) is 0 Å². The molecule has 2 aliphatic rings. The van der Waals surface area contributed by atoms with Gasteiger partial charge in [-0.3, -0.25) is 4.79 Å². The number of alkyl halides is 6. The second-order valence-corrected chi connectivity index (χ2v) is 8.84. The highest BCUT2D eigenvalue weighted by molar-refractivity contribution is 5.91. The molecular weight excluding hydrogens is 424 g/mol. The average Bonchev–Trinajstić information content (AvgIpc) is 3.07. The topological polar surface area (TPSA) is 58.4 Å². The van der Waals surface area contributed by atoms with E-state index in [1.54, 1.807) is 0 Å². The Labute approximate surface area is 177 Å². The number of piperidine rings is 1. The van der Waals surface area contributed by atoms with E-state index >= 15 is 0 Å². The number of nitrogens with zero attached hydrogens (tertiary/aromatic N) is 1. The van der Waals surface area contributed by atoms with Crippen LogP contribution < -0.4 is 11.1 Å². The minimum Gasteiger partial charge on any atom is -0.326 e. The van der Waals surface area contributed by atoms with Crippen LogP contribution in [0.5, 0.6) is 0 Å². The second kappa shape index (κ2) is 8.97. The summed E-state index contributed by atoms with van der Waals surface area (Å²) in [6.45, 7) is 2.37. The number of carbonyl (C=O) groups is 1. The Kier molecular flexibility index (Phi) is 6.90. The summed E-state index contributed by atoms with van der Waals surface area (Å²) in [5.74, 6) is -0.557. The zero-order valence-electron chi connectivity index (χ0n) is 17.1. The molecule has 4 nitrogen and oxygen atoms in total. The van der Waals surface area contributed by atoms with Crippen LogP contribution in [0, 0.1) is 5.92 Å². The van der Waals surface area contributed by atoms with E-state index in [1.807, 2.05) is 0 Å². The van der Waals surface area contributed by atoms with Gasteiger partial charge in [-0.15, -0.1) is 0 Å². The fraction of sp³-hybridized carbons (Fsp3) is 0.667. The van der Waals surface area contributed by atoms with E-state index < -0.39 is 35.1 Å². The molecule has 174 valence electrons. The van der Waals surface area contributed by atoms with Crippen LogP contribution in [0.4, 0.5) is 32.0 Å². The monoisotopic (exact) mass is 451 g/mol. The van der Waals surface area contributed by atoms with E-state index in [1.165, 1.54) is 0 Å². The lowest BCUT2D eigenvalue weighted by Crippen LogP contribution is -2.50. The Morgan fingerprint density at radius 2 is 1.52 bits per heavy atom. The molecule has 0 atom stereocenters. The van der Waals surface area contributed by atoms with E-state index in [4.69, 9.17) is 5.73 Å². The van der Waals surface area contributed by atoms with Crippen molar-refractivity contribution < 1.29 is 31.1 Å². The molecule has 0 spiro atoms. The van der Waals surface area contributed by atoms with Crippen molar-refractivity contribution in [3.63, 3.8) is 0 Å². The maximum Gasteiger partial charge on any atom is 0.416 e. The number of rotatable bonds is 5. The van der Waals surface area contributed by atoms with Crippen LogP contribution in [-0.2, 0) is 17.1 Å². The maximum atomic E-state index is 13.0. The summed E-state index contributed by atoms with van der Waals surface area (Å²) in [5, 5.41) is 2.22. The van der Waals surface area contributed by atoms with Gasteiger partial charge in [-0.2, -0.15) is 26.3 Å². The van der Waals surface area contributed by atoms with Crippen molar-refractivity contribution in [1.82, 2.24) is 4.90 Å². The number of benzene rings is 1. The van der Waals surface area contributed by atoms with E-state index in [0.29, 0.717) is 12.1 Å². The predicted octanol–water partition coefficient (Wildman–Crippen LogP) is 5.04. The van der Waals surface area contributed by atoms with Crippen molar-refractivity contribution in [3.05, 3.63) is 29.3 Å². The first-order valence-electron chi connectivity index (χ1n) is 10.4. The third kappa shape index (κ3) is 6.58. The van der Waals surface area contributed by atoms with Crippen LogP contribution in [0.15, 0.2) is 18.2 Å². The van der Waals surface area contributed by atoms with Crippen LogP contribution in [0.3, 0.4) is 0 Å². The van der Waals surface area contributed by atoms with Crippen molar-refractivity contribution >= 4 is 11.6 Å². The zero-order chi connectivity index (χ0) is 22.9. The molecule has 10 heteroatoms. The second-order valence-electron chi connectivity index (χ2n) is 8.84. The summed E-state index contributed by atoms with van der Waals surface area (Å²) in [6, 6.07) is 1.09. The molecule has 1 aliphatic carbocycles. The third-order valence-corrected chi connectivity index (χ3v) is 6.19. The fourth-order valence-electron chi connectivity index (χ4n) is 4.53. The number of nitrogens with two attached hydrogens (primary N) is 1. The molecule has 0 aromatic heterocycles. The number of hydrogen-bond donors (Lipinski definition) is 2. The number of halogens is 6. The van der Waals surface area contributed by atoms with E-state index in [9.17, 15) is 31.1 Å². The van der Waals surface area contributed by atoms with Gasteiger partial charge in [0.15, 0.2) is 0 Å². The SMILES string of the molecule is NC1(CN2CCC(CC(=O)Nc3cc(C(F)(F)F)cc(C(F)(F)F)c3)CC2)CCCC1. The lowest BCUT2D eigenvalue weighted by molar-refractivity contribution is -0.143. The van der Waals surface area contributed by atoms with Crippen molar-refractivity contribution in [2.45, 2.75) is 62.8 Å². The molecule has 0 bridgehead atoms. The number of likely N-dealkylation sites (tertiary alicyclic amines) is 1. The molecular formula is C21H27F6N3O. The van der Waals surface area contributed by atoms with Gasteiger partial charge in [0, 0.05) is 24.2 Å². The number of amides is 1. The Hall–Kier alpha value is -1.81. The van der Waals surface area contributed by atoms with Gasteiger partial charge < -0.3 is 16.0 Å². The van der Waals surface area contributed by atoms with Crippen molar-refractivity contribution in [2.24, 2.45) is 11.7 Å². The molecule has 1 saturated heterocycles. The van der Waals surface area contributed by atoms with Crippen molar-refractivity contribution in [1.29, 1.82) is 0 Å². The molecule has 3 rings (SSSR count). The number of anilines is 1. The molecule has 1 aromatic carbocycles. The summed E-state index contributed by atoms with van der Waals surface area (Å²) < 4.78 is 77.8. The first kappa shape index (κ1) is 23.8. The van der Waals surface area contributed by atoms with Gasteiger partial charge in [-0.05, 0) is 62.9 Å². The quantitative estimate of drug-likeness (QED) is 0.617. The predicted molar refractivity (Wildman–Crippen MR) is 104 cm³/mol. The fourth-order valence-corrected chi connectivity index (χ4v) is 4.53. The first-order valence-corrected chi connectivity index (χ1v) is 10.4. The normalized spacial score (nSPS) is 20.7. The molecule has 2 fully saturated rings. The third-order valence-electron chi connectivity index (χ3n) is 6.19. The lowest BCUT2D eigenvalue weighted by Gasteiger charge is -2.37. The zero-order valence-corrected chi connectivity index (χ0v) is 17.1.